The van der Waals surface area contributed by atoms with Crippen molar-refractivity contribution in [2.75, 3.05) is 25.6 Å². The summed E-state index contributed by atoms with van der Waals surface area (Å²) in [5.41, 5.74) is 1.74. The van der Waals surface area contributed by atoms with Crippen molar-refractivity contribution in [1.29, 1.82) is 0 Å². The highest BCUT2D eigenvalue weighted by Crippen LogP contribution is 2.23. The number of ether oxygens (including phenoxy) is 1. The number of halogens is 1. The van der Waals surface area contributed by atoms with Crippen LogP contribution in [0.4, 0.5) is 5.69 Å². The third kappa shape index (κ3) is 5.85. The maximum atomic E-state index is 11.7. The van der Waals surface area contributed by atoms with Crippen LogP contribution in [0.3, 0.4) is 0 Å². The fraction of sp³-hybridized carbons (Fsp3) is 0.385. The molecule has 0 aliphatic heterocycles. The first kappa shape index (κ1) is 15.7. The Morgan fingerprint density at radius 2 is 2.05 bits per heavy atom. The van der Waals surface area contributed by atoms with Gasteiger partial charge in [-0.25, -0.2) is 0 Å². The lowest BCUT2D eigenvalue weighted by Crippen LogP contribution is -2.30. The van der Waals surface area contributed by atoms with Gasteiger partial charge < -0.3 is 15.4 Å². The maximum absolute atomic E-state index is 11.7. The van der Waals surface area contributed by atoms with Crippen LogP contribution in [0, 0.1) is 6.92 Å². The van der Waals surface area contributed by atoms with Crippen molar-refractivity contribution in [3.63, 3.8) is 0 Å². The lowest BCUT2D eigenvalue weighted by atomic mass is 10.2. The van der Waals surface area contributed by atoms with Gasteiger partial charge in [-0.2, -0.15) is 0 Å². The number of amides is 2. The number of hydrogen-bond donors (Lipinski definition) is 2. The summed E-state index contributed by atoms with van der Waals surface area (Å²) in [6.07, 6.45) is -0.204. The molecule has 0 heterocycles. The van der Waals surface area contributed by atoms with Crippen molar-refractivity contribution >= 4 is 33.4 Å². The van der Waals surface area contributed by atoms with E-state index < -0.39 is 0 Å². The van der Waals surface area contributed by atoms with Crippen molar-refractivity contribution in [2.24, 2.45) is 0 Å². The lowest BCUT2D eigenvalue weighted by molar-refractivity contribution is -0.126. The van der Waals surface area contributed by atoms with Gasteiger partial charge in [0.15, 0.2) is 0 Å². The van der Waals surface area contributed by atoms with E-state index >= 15 is 0 Å². The largest absolute Gasteiger partial charge is 0.383 e. The molecule has 1 rings (SSSR count). The van der Waals surface area contributed by atoms with E-state index in [1.807, 2.05) is 19.1 Å². The summed E-state index contributed by atoms with van der Waals surface area (Å²) >= 11 is 3.36. The molecule has 1 aromatic carbocycles. The number of nitrogens with one attached hydrogen (secondary N) is 2. The molecule has 1 aromatic rings. The van der Waals surface area contributed by atoms with Gasteiger partial charge in [0, 0.05) is 18.1 Å². The Bertz CT molecular complexity index is 463. The van der Waals surface area contributed by atoms with Gasteiger partial charge >= 0.3 is 0 Å². The number of carbonyl (C=O) groups excluding carboxylic acids is 2. The van der Waals surface area contributed by atoms with E-state index in [1.54, 1.807) is 13.2 Å². The van der Waals surface area contributed by atoms with Crippen molar-refractivity contribution in [2.45, 2.75) is 13.3 Å². The molecule has 0 aliphatic rings. The van der Waals surface area contributed by atoms with Gasteiger partial charge in [-0.1, -0.05) is 6.07 Å². The van der Waals surface area contributed by atoms with Gasteiger partial charge in [-0.15, -0.1) is 0 Å². The van der Waals surface area contributed by atoms with Crippen molar-refractivity contribution in [1.82, 2.24) is 5.32 Å². The summed E-state index contributed by atoms with van der Waals surface area (Å²) in [4.78, 5) is 23.1. The molecule has 0 spiro atoms. The minimum absolute atomic E-state index is 0.204. The number of methoxy groups -OCH3 is 1. The molecule has 5 nitrogen and oxygen atoms in total. The molecule has 0 unspecified atom stereocenters. The highest BCUT2D eigenvalue weighted by Gasteiger charge is 2.10. The molecular formula is C13H17BrN2O3. The molecule has 104 valence electrons. The second-order valence-corrected chi connectivity index (χ2v) is 4.91. The molecule has 0 atom stereocenters. The van der Waals surface area contributed by atoms with Crippen LogP contribution in [0.1, 0.15) is 12.0 Å². The number of rotatable bonds is 6. The standard InChI is InChI=1S/C13H17BrN2O3/c1-9-3-4-11(10(14)7-9)16-13(18)8-12(17)15-5-6-19-2/h3-4,7H,5-6,8H2,1-2H3,(H,15,17)(H,16,18). The van der Waals surface area contributed by atoms with Gasteiger partial charge in [0.05, 0.1) is 12.3 Å². The Kier molecular flexibility index (Phi) is 6.52. The van der Waals surface area contributed by atoms with Crippen LogP contribution in [-0.2, 0) is 14.3 Å². The van der Waals surface area contributed by atoms with Crippen molar-refractivity contribution in [3.05, 3.63) is 28.2 Å². The van der Waals surface area contributed by atoms with E-state index in [1.165, 1.54) is 0 Å². The Balaban J connectivity index is 2.44. The van der Waals surface area contributed by atoms with Gasteiger partial charge in [0.1, 0.15) is 6.42 Å². The number of anilines is 1. The van der Waals surface area contributed by atoms with Gasteiger partial charge in [-0.05, 0) is 40.5 Å². The number of aryl methyl sites for hydroxylation is 1. The van der Waals surface area contributed by atoms with Crippen LogP contribution < -0.4 is 10.6 Å². The summed E-state index contributed by atoms with van der Waals surface area (Å²) < 4.78 is 5.59. The van der Waals surface area contributed by atoms with Crippen LogP contribution in [0.25, 0.3) is 0 Å². The monoisotopic (exact) mass is 328 g/mol. The topological polar surface area (TPSA) is 67.4 Å². The number of benzene rings is 1. The average molecular weight is 329 g/mol. The molecule has 0 bridgehead atoms. The Hall–Kier alpha value is -1.40. The first-order chi connectivity index (χ1) is 9.02. The zero-order chi connectivity index (χ0) is 14.3. The predicted molar refractivity (Wildman–Crippen MR) is 77.0 cm³/mol. The minimum atomic E-state index is -0.348. The Morgan fingerprint density at radius 1 is 1.32 bits per heavy atom. The van der Waals surface area contributed by atoms with Crippen LogP contribution in [-0.4, -0.2) is 32.1 Å². The Morgan fingerprint density at radius 3 is 2.68 bits per heavy atom. The summed E-state index contributed by atoms with van der Waals surface area (Å²) in [7, 11) is 1.55. The summed E-state index contributed by atoms with van der Waals surface area (Å²) in [5.74, 6) is -0.669. The summed E-state index contributed by atoms with van der Waals surface area (Å²) in [6.45, 7) is 2.79. The molecule has 0 radical (unpaired) electrons. The van der Waals surface area contributed by atoms with Gasteiger partial charge in [-0.3, -0.25) is 9.59 Å². The molecule has 2 N–H and O–H groups in total. The number of carbonyl (C=O) groups is 2. The third-order valence-corrected chi connectivity index (χ3v) is 3.00. The second kappa shape index (κ2) is 7.91. The normalized spacial score (nSPS) is 10.1. The van der Waals surface area contributed by atoms with Gasteiger partial charge in [0.25, 0.3) is 0 Å². The van der Waals surface area contributed by atoms with E-state index in [2.05, 4.69) is 26.6 Å². The predicted octanol–water partition coefficient (Wildman–Crippen LogP) is 1.85. The highest BCUT2D eigenvalue weighted by molar-refractivity contribution is 9.10. The average Bonchev–Trinajstić information content (AvgIpc) is 2.33. The fourth-order valence-electron chi connectivity index (χ4n) is 1.42. The molecule has 0 fully saturated rings. The molecule has 19 heavy (non-hydrogen) atoms. The first-order valence-corrected chi connectivity index (χ1v) is 6.64. The molecule has 6 heteroatoms. The Labute approximate surface area is 120 Å². The first-order valence-electron chi connectivity index (χ1n) is 5.84. The molecule has 0 saturated carbocycles. The van der Waals surface area contributed by atoms with E-state index in [9.17, 15) is 9.59 Å². The zero-order valence-corrected chi connectivity index (χ0v) is 12.5. The summed E-state index contributed by atoms with van der Waals surface area (Å²) in [6, 6.07) is 5.58. The summed E-state index contributed by atoms with van der Waals surface area (Å²) in [5, 5.41) is 5.27. The molecule has 2 amide bonds. The van der Waals surface area contributed by atoms with Crippen molar-refractivity contribution < 1.29 is 14.3 Å². The zero-order valence-electron chi connectivity index (χ0n) is 11.0. The van der Waals surface area contributed by atoms with E-state index in [0.717, 1.165) is 10.0 Å². The maximum Gasteiger partial charge on any atom is 0.233 e. The molecular weight excluding hydrogens is 312 g/mol. The quantitative estimate of drug-likeness (QED) is 0.618. The van der Waals surface area contributed by atoms with Crippen LogP contribution in [0.2, 0.25) is 0 Å². The van der Waals surface area contributed by atoms with Crippen LogP contribution in [0.5, 0.6) is 0 Å². The van der Waals surface area contributed by atoms with E-state index in [4.69, 9.17) is 4.74 Å². The second-order valence-electron chi connectivity index (χ2n) is 4.05. The molecule has 0 aliphatic carbocycles. The molecule has 0 aromatic heterocycles. The highest BCUT2D eigenvalue weighted by atomic mass is 79.9. The minimum Gasteiger partial charge on any atom is -0.383 e. The van der Waals surface area contributed by atoms with Crippen molar-refractivity contribution in [3.8, 4) is 0 Å². The SMILES string of the molecule is COCCNC(=O)CC(=O)Nc1ccc(C)cc1Br. The molecule has 0 saturated heterocycles. The third-order valence-electron chi connectivity index (χ3n) is 2.35. The van der Waals surface area contributed by atoms with E-state index in [-0.39, 0.29) is 18.2 Å². The van der Waals surface area contributed by atoms with Gasteiger partial charge in [0.2, 0.25) is 11.8 Å². The lowest BCUT2D eigenvalue weighted by Gasteiger charge is -2.08. The number of hydrogen-bond acceptors (Lipinski definition) is 3. The smallest absolute Gasteiger partial charge is 0.233 e. The van der Waals surface area contributed by atoms with E-state index in [0.29, 0.717) is 18.8 Å². The fourth-order valence-corrected chi connectivity index (χ4v) is 2.01. The van der Waals surface area contributed by atoms with Crippen LogP contribution >= 0.6 is 15.9 Å². The van der Waals surface area contributed by atoms with Crippen LogP contribution in [0.15, 0.2) is 22.7 Å².